The van der Waals surface area contributed by atoms with Gasteiger partial charge in [-0.1, -0.05) is 109 Å². The van der Waals surface area contributed by atoms with E-state index in [1.807, 2.05) is 0 Å². The molecule has 3 nitrogen and oxygen atoms in total. The van der Waals surface area contributed by atoms with Gasteiger partial charge in [-0.25, -0.2) is 0 Å². The van der Waals surface area contributed by atoms with Crippen LogP contribution in [0.5, 0.6) is 0 Å². The van der Waals surface area contributed by atoms with Crippen LogP contribution in [0, 0.1) is 59.2 Å². The van der Waals surface area contributed by atoms with Crippen LogP contribution in [0.4, 0.5) is 0 Å². The number of allylic oxidation sites excluding steroid dienone is 2. The summed E-state index contributed by atoms with van der Waals surface area (Å²) in [5, 5.41) is 19.8. The van der Waals surface area contributed by atoms with Gasteiger partial charge in [0.05, 0.1) is 11.2 Å². The van der Waals surface area contributed by atoms with Crippen LogP contribution >= 0.6 is 0 Å². The van der Waals surface area contributed by atoms with Gasteiger partial charge in [0.2, 0.25) is 0 Å². The maximum atomic E-state index is 9.91. The van der Waals surface area contributed by atoms with E-state index >= 15 is 0 Å². The first kappa shape index (κ1) is 38.6. The molecule has 2 unspecified atom stereocenters. The Hall–Kier alpha value is -0.380. The Morgan fingerprint density at radius 1 is 0.564 bits per heavy atom. The fourth-order valence-electron chi connectivity index (χ4n) is 5.39. The highest BCUT2D eigenvalue weighted by Gasteiger charge is 2.46. The molecule has 234 valence electrons. The van der Waals surface area contributed by atoms with Crippen molar-refractivity contribution in [3.05, 3.63) is 12.2 Å². The van der Waals surface area contributed by atoms with Gasteiger partial charge >= 0.3 is 0 Å². The minimum atomic E-state index is -0.399. The van der Waals surface area contributed by atoms with Crippen LogP contribution in [0.2, 0.25) is 0 Å². The van der Waals surface area contributed by atoms with E-state index in [1.54, 1.807) is 0 Å². The van der Waals surface area contributed by atoms with E-state index in [0.29, 0.717) is 29.7 Å². The maximum Gasteiger partial charge on any atom is 0.0923 e. The lowest BCUT2D eigenvalue weighted by Crippen LogP contribution is -2.66. The average Bonchev–Trinajstić information content (AvgIpc) is 3.55. The summed E-state index contributed by atoms with van der Waals surface area (Å²) < 4.78 is 0. The second-order valence-electron chi connectivity index (χ2n) is 15.9. The number of rotatable bonds is 8. The van der Waals surface area contributed by atoms with Crippen molar-refractivity contribution >= 4 is 0 Å². The van der Waals surface area contributed by atoms with Crippen molar-refractivity contribution in [3.8, 4) is 0 Å². The second kappa shape index (κ2) is 16.9. The zero-order valence-electron chi connectivity index (χ0n) is 29.4. The summed E-state index contributed by atoms with van der Waals surface area (Å²) in [4.78, 5) is 2.29. The van der Waals surface area contributed by atoms with Gasteiger partial charge in [-0.05, 0) is 92.3 Å². The first-order chi connectivity index (χ1) is 17.7. The van der Waals surface area contributed by atoms with Crippen LogP contribution in [0.25, 0.3) is 0 Å². The predicted molar refractivity (Wildman–Crippen MR) is 174 cm³/mol. The molecule has 0 radical (unpaired) electrons. The molecule has 0 aromatic rings. The molecular formula is C36H73NO2. The van der Waals surface area contributed by atoms with Crippen LogP contribution in [0.3, 0.4) is 0 Å². The minimum absolute atomic E-state index is 0.324. The largest absolute Gasteiger partial charge is 0.390 e. The van der Waals surface area contributed by atoms with Crippen LogP contribution in [-0.4, -0.2) is 45.4 Å². The Morgan fingerprint density at radius 3 is 1.13 bits per heavy atom. The molecule has 0 amide bonds. The summed E-state index contributed by atoms with van der Waals surface area (Å²) in [5.41, 5.74) is -0.723. The lowest BCUT2D eigenvalue weighted by Gasteiger charge is -2.51. The molecule has 2 N–H and O–H groups in total. The number of β-amino-alcohol motifs (C(OH)–C–C–N with tert-alkyl or cyclic N) is 1. The van der Waals surface area contributed by atoms with Gasteiger partial charge in [-0.2, -0.15) is 0 Å². The summed E-state index contributed by atoms with van der Waals surface area (Å²) in [6.45, 7) is 37.0. The van der Waals surface area contributed by atoms with Crippen molar-refractivity contribution in [3.63, 3.8) is 0 Å². The van der Waals surface area contributed by atoms with E-state index in [1.165, 1.54) is 6.42 Å². The molecule has 3 aliphatic rings. The number of likely N-dealkylation sites (tertiary alicyclic amines) is 1. The van der Waals surface area contributed by atoms with E-state index in [2.05, 4.69) is 128 Å². The van der Waals surface area contributed by atoms with Gasteiger partial charge in [-0.3, -0.25) is 4.90 Å². The number of aliphatic hydroxyl groups is 2. The van der Waals surface area contributed by atoms with Crippen molar-refractivity contribution < 1.29 is 10.2 Å². The number of hydrogen-bond donors (Lipinski definition) is 2. The lowest BCUT2D eigenvalue weighted by atomic mass is 9.62. The Labute approximate surface area is 246 Å². The molecule has 0 aromatic carbocycles. The summed E-state index contributed by atoms with van der Waals surface area (Å²) in [7, 11) is 0. The molecule has 39 heavy (non-hydrogen) atoms. The van der Waals surface area contributed by atoms with Crippen molar-refractivity contribution in [1.82, 2.24) is 4.90 Å². The van der Waals surface area contributed by atoms with Crippen molar-refractivity contribution in [1.29, 1.82) is 0 Å². The zero-order chi connectivity index (χ0) is 30.9. The normalized spacial score (nSPS) is 27.9. The van der Waals surface area contributed by atoms with Crippen LogP contribution < -0.4 is 0 Å². The third kappa shape index (κ3) is 13.9. The Kier molecular flexibility index (Phi) is 16.7. The molecule has 1 aliphatic heterocycles. The third-order valence-corrected chi connectivity index (χ3v) is 9.49. The fraction of sp³-hybridized carbons (Fsp3) is 0.944. The highest BCUT2D eigenvalue weighted by molar-refractivity contribution is 4.99. The highest BCUT2D eigenvalue weighted by Crippen LogP contribution is 2.48. The minimum Gasteiger partial charge on any atom is -0.390 e. The molecule has 0 spiro atoms. The maximum absolute atomic E-state index is 9.91. The lowest BCUT2D eigenvalue weighted by molar-refractivity contribution is -0.138. The van der Waals surface area contributed by atoms with Crippen LogP contribution in [0.1, 0.15) is 130 Å². The van der Waals surface area contributed by atoms with E-state index in [0.717, 1.165) is 61.4 Å². The monoisotopic (exact) mass is 552 g/mol. The zero-order valence-corrected chi connectivity index (χ0v) is 29.4. The first-order valence-corrected chi connectivity index (χ1v) is 16.5. The van der Waals surface area contributed by atoms with Gasteiger partial charge in [0.15, 0.2) is 0 Å². The summed E-state index contributed by atoms with van der Waals surface area (Å²) >= 11 is 0. The van der Waals surface area contributed by atoms with Gasteiger partial charge in [0, 0.05) is 19.1 Å². The van der Waals surface area contributed by atoms with Gasteiger partial charge in [0.25, 0.3) is 0 Å². The molecule has 1 heterocycles. The quantitative estimate of drug-likeness (QED) is 0.295. The molecule has 0 aromatic heterocycles. The fourth-order valence-corrected chi connectivity index (χ4v) is 5.39. The summed E-state index contributed by atoms with van der Waals surface area (Å²) in [6.07, 6.45) is 8.01. The molecular weight excluding hydrogens is 478 g/mol. The molecule has 3 rings (SSSR count). The highest BCUT2D eigenvalue weighted by atomic mass is 16.3. The topological polar surface area (TPSA) is 43.7 Å². The number of hydrogen-bond acceptors (Lipinski definition) is 3. The van der Waals surface area contributed by atoms with Crippen LogP contribution in [-0.2, 0) is 0 Å². The third-order valence-electron chi connectivity index (χ3n) is 9.49. The molecule has 0 bridgehead atoms. The smallest absolute Gasteiger partial charge is 0.0923 e. The van der Waals surface area contributed by atoms with Crippen LogP contribution in [0.15, 0.2) is 12.2 Å². The van der Waals surface area contributed by atoms with E-state index in [9.17, 15) is 10.2 Å². The van der Waals surface area contributed by atoms with E-state index in [-0.39, 0.29) is 5.60 Å². The molecule has 2 aliphatic carbocycles. The predicted octanol–water partition coefficient (Wildman–Crippen LogP) is 9.33. The first-order valence-electron chi connectivity index (χ1n) is 16.5. The number of nitrogens with zero attached hydrogens (tertiary/aromatic N) is 1. The standard InChI is InChI=1S/C10H20O.C9H19NO.C9H18.C8H16/c1-7(2)9-5-10(11,6-9)8(3)4;1-7(2)9(11)5-10(6-9)8(3)4;1-6(2)8-5-9(8)7(3)4;1-7(2)5-6-8(3)4/h7-9,11H,5-6H2,1-4H3;7-8,11H,5-6H2,1-4H3;6-9H,5H2,1-4H3;5-8H,1-4H3/b;;;6-5+. The van der Waals surface area contributed by atoms with Gasteiger partial charge in [-0.15, -0.1) is 0 Å². The molecule has 2 atom stereocenters. The molecule has 1 saturated heterocycles. The van der Waals surface area contributed by atoms with Gasteiger partial charge in [0.1, 0.15) is 0 Å². The summed E-state index contributed by atoms with van der Waals surface area (Å²) in [6, 6.07) is 0.578. The molecule has 3 heteroatoms. The van der Waals surface area contributed by atoms with E-state index in [4.69, 9.17) is 0 Å². The van der Waals surface area contributed by atoms with Gasteiger partial charge < -0.3 is 10.2 Å². The SMILES string of the molecule is CC(C)/C=C/C(C)C.CC(C)C1CC(O)(C(C)C)C1.CC(C)C1CC1C(C)C.CC(C)N1CC(O)(C(C)C)C1. The average molecular weight is 552 g/mol. The Balaban J connectivity index is 0.000000498. The van der Waals surface area contributed by atoms with Crippen molar-refractivity contribution in [2.75, 3.05) is 13.1 Å². The van der Waals surface area contributed by atoms with Crippen molar-refractivity contribution in [2.45, 2.75) is 147 Å². The van der Waals surface area contributed by atoms with E-state index < -0.39 is 5.60 Å². The summed E-state index contributed by atoms with van der Waals surface area (Å²) in [5.74, 6) is 7.71. The second-order valence-corrected chi connectivity index (χ2v) is 15.9. The molecule has 3 fully saturated rings. The Morgan fingerprint density at radius 2 is 0.923 bits per heavy atom. The Bertz CT molecular complexity index is 606. The van der Waals surface area contributed by atoms with Crippen molar-refractivity contribution in [2.24, 2.45) is 59.2 Å². The molecule has 2 saturated carbocycles.